The van der Waals surface area contributed by atoms with Gasteiger partial charge in [0.05, 0.1) is 0 Å². The summed E-state index contributed by atoms with van der Waals surface area (Å²) < 4.78 is 0. The minimum atomic E-state index is 1.26. The lowest BCUT2D eigenvalue weighted by atomic mass is 9.85. The van der Waals surface area contributed by atoms with Crippen LogP contribution in [0.25, 0.3) is 76.1 Å². The van der Waals surface area contributed by atoms with Crippen LogP contribution in [0.5, 0.6) is 0 Å². The Balaban J connectivity index is 1.55. The van der Waals surface area contributed by atoms with Crippen LogP contribution in [0, 0.1) is 0 Å². The van der Waals surface area contributed by atoms with Gasteiger partial charge in [0.1, 0.15) is 0 Å². The molecule has 0 nitrogen and oxygen atoms in total. The van der Waals surface area contributed by atoms with E-state index in [1.54, 1.807) is 0 Å². The summed E-state index contributed by atoms with van der Waals surface area (Å²) in [6.45, 7) is 0. The third-order valence-electron chi connectivity index (χ3n) is 7.98. The molecule has 0 unspecified atom stereocenters. The topological polar surface area (TPSA) is 0 Å². The van der Waals surface area contributed by atoms with E-state index in [2.05, 4.69) is 146 Å². The van der Waals surface area contributed by atoms with E-state index in [0.717, 1.165) is 0 Å². The van der Waals surface area contributed by atoms with E-state index in [0.29, 0.717) is 0 Å². The predicted molar refractivity (Wildman–Crippen MR) is 165 cm³/mol. The van der Waals surface area contributed by atoms with Gasteiger partial charge >= 0.3 is 0 Å². The third kappa shape index (κ3) is 3.24. The maximum atomic E-state index is 2.38. The molecular formula is C38H24. The van der Waals surface area contributed by atoms with Crippen LogP contribution in [0.4, 0.5) is 0 Å². The molecule has 0 N–H and O–H groups in total. The predicted octanol–water partition coefficient (Wildman–Crippen LogP) is 10.8. The summed E-state index contributed by atoms with van der Waals surface area (Å²) in [5, 5.41) is 12.7. The van der Waals surface area contributed by atoms with Crippen LogP contribution in [0.15, 0.2) is 146 Å². The molecule has 0 atom stereocenters. The van der Waals surface area contributed by atoms with Crippen molar-refractivity contribution >= 4 is 53.9 Å². The minimum absolute atomic E-state index is 1.26. The molecule has 38 heavy (non-hydrogen) atoms. The van der Waals surface area contributed by atoms with Crippen LogP contribution in [0.2, 0.25) is 0 Å². The molecule has 8 aromatic rings. The number of rotatable bonds is 2. The smallest absolute Gasteiger partial charge is 0.00201 e. The Morgan fingerprint density at radius 2 is 0.737 bits per heavy atom. The molecule has 8 rings (SSSR count). The van der Waals surface area contributed by atoms with Gasteiger partial charge in [-0.05, 0) is 100 Å². The second kappa shape index (κ2) is 8.30. The zero-order chi connectivity index (χ0) is 25.1. The number of hydrogen-bond donors (Lipinski definition) is 0. The molecule has 0 amide bonds. The molecule has 0 aliphatic heterocycles. The van der Waals surface area contributed by atoms with Crippen molar-refractivity contribution in [2.75, 3.05) is 0 Å². The van der Waals surface area contributed by atoms with Gasteiger partial charge in [-0.25, -0.2) is 0 Å². The first-order valence-corrected chi connectivity index (χ1v) is 13.2. The Hall–Kier alpha value is -4.94. The Labute approximate surface area is 221 Å². The van der Waals surface area contributed by atoms with Gasteiger partial charge < -0.3 is 0 Å². The van der Waals surface area contributed by atoms with E-state index in [1.165, 1.54) is 76.1 Å². The Bertz CT molecular complexity index is 2180. The Kier molecular flexibility index (Phi) is 4.62. The van der Waals surface area contributed by atoms with Gasteiger partial charge in [0.2, 0.25) is 0 Å². The molecule has 0 spiro atoms. The molecule has 176 valence electrons. The van der Waals surface area contributed by atoms with Crippen molar-refractivity contribution in [1.82, 2.24) is 0 Å². The molecule has 0 saturated carbocycles. The SMILES string of the molecule is c1ccc2cc3c(-c4c(-c5cccc6ccccc56)ccc5cc6ccccc6cc45)cccc3cc2c1. The average Bonchev–Trinajstić information content (AvgIpc) is 2.98. The van der Waals surface area contributed by atoms with Crippen molar-refractivity contribution in [3.8, 4) is 22.3 Å². The van der Waals surface area contributed by atoms with Crippen LogP contribution >= 0.6 is 0 Å². The van der Waals surface area contributed by atoms with Crippen LogP contribution < -0.4 is 0 Å². The summed E-state index contributed by atoms with van der Waals surface area (Å²) in [4.78, 5) is 0. The fourth-order valence-electron chi connectivity index (χ4n) is 6.17. The highest BCUT2D eigenvalue weighted by Gasteiger charge is 2.17. The highest BCUT2D eigenvalue weighted by atomic mass is 14.2. The van der Waals surface area contributed by atoms with Crippen LogP contribution in [-0.4, -0.2) is 0 Å². The van der Waals surface area contributed by atoms with Gasteiger partial charge in [-0.15, -0.1) is 0 Å². The van der Waals surface area contributed by atoms with Crippen molar-refractivity contribution in [2.24, 2.45) is 0 Å². The van der Waals surface area contributed by atoms with Crippen molar-refractivity contribution < 1.29 is 0 Å². The van der Waals surface area contributed by atoms with Crippen LogP contribution in [0.1, 0.15) is 0 Å². The summed E-state index contributed by atoms with van der Waals surface area (Å²) in [5.74, 6) is 0. The summed E-state index contributed by atoms with van der Waals surface area (Å²) >= 11 is 0. The molecule has 0 saturated heterocycles. The summed E-state index contributed by atoms with van der Waals surface area (Å²) in [7, 11) is 0. The number of hydrogen-bond acceptors (Lipinski definition) is 0. The fraction of sp³-hybridized carbons (Fsp3) is 0. The zero-order valence-corrected chi connectivity index (χ0v) is 20.9. The van der Waals surface area contributed by atoms with Crippen LogP contribution in [-0.2, 0) is 0 Å². The summed E-state index contributed by atoms with van der Waals surface area (Å²) in [6, 6.07) is 53.5. The lowest BCUT2D eigenvalue weighted by Gasteiger charge is -2.18. The fourth-order valence-corrected chi connectivity index (χ4v) is 6.17. The highest BCUT2D eigenvalue weighted by Crippen LogP contribution is 2.44. The first kappa shape index (κ1) is 21.2. The van der Waals surface area contributed by atoms with Gasteiger partial charge in [0.25, 0.3) is 0 Å². The third-order valence-corrected chi connectivity index (χ3v) is 7.98. The molecule has 0 fully saturated rings. The van der Waals surface area contributed by atoms with Gasteiger partial charge in [0, 0.05) is 0 Å². The largest absolute Gasteiger partial charge is 0.0616 e. The normalized spacial score (nSPS) is 11.7. The molecular weight excluding hydrogens is 456 g/mol. The van der Waals surface area contributed by atoms with E-state index in [-0.39, 0.29) is 0 Å². The molecule has 0 aromatic heterocycles. The highest BCUT2D eigenvalue weighted by molar-refractivity contribution is 6.16. The summed E-state index contributed by atoms with van der Waals surface area (Å²) in [6.07, 6.45) is 0. The zero-order valence-electron chi connectivity index (χ0n) is 20.9. The van der Waals surface area contributed by atoms with Gasteiger partial charge in [-0.2, -0.15) is 0 Å². The van der Waals surface area contributed by atoms with Gasteiger partial charge in [-0.1, -0.05) is 121 Å². The van der Waals surface area contributed by atoms with Gasteiger partial charge in [-0.3, -0.25) is 0 Å². The van der Waals surface area contributed by atoms with E-state index < -0.39 is 0 Å². The molecule has 8 aromatic carbocycles. The van der Waals surface area contributed by atoms with Crippen molar-refractivity contribution in [2.45, 2.75) is 0 Å². The molecule has 0 heterocycles. The van der Waals surface area contributed by atoms with Crippen molar-refractivity contribution in [3.05, 3.63) is 146 Å². The second-order valence-corrected chi connectivity index (χ2v) is 10.2. The standard InChI is InChI=1S/C38H24/c1-3-12-28-23-36-30(21-26(28)10-1)15-8-18-34(36)38-35(33-17-7-14-25-9-5-6-16-32(25)33)20-19-31-22-27-11-2-4-13-29(27)24-37(31)38/h1-24H. The minimum Gasteiger partial charge on any atom is -0.0616 e. The number of fused-ring (bicyclic) bond motifs is 5. The molecule has 0 aliphatic carbocycles. The average molecular weight is 481 g/mol. The van der Waals surface area contributed by atoms with E-state index in [9.17, 15) is 0 Å². The molecule has 0 heteroatoms. The maximum absolute atomic E-state index is 2.38. The van der Waals surface area contributed by atoms with E-state index in [4.69, 9.17) is 0 Å². The molecule has 0 bridgehead atoms. The summed E-state index contributed by atoms with van der Waals surface area (Å²) in [5.41, 5.74) is 5.11. The first-order chi connectivity index (χ1) is 18.8. The first-order valence-electron chi connectivity index (χ1n) is 13.2. The Morgan fingerprint density at radius 1 is 0.237 bits per heavy atom. The van der Waals surface area contributed by atoms with E-state index in [1.807, 2.05) is 0 Å². The van der Waals surface area contributed by atoms with Crippen LogP contribution in [0.3, 0.4) is 0 Å². The lowest BCUT2D eigenvalue weighted by molar-refractivity contribution is 1.66. The second-order valence-electron chi connectivity index (χ2n) is 10.2. The monoisotopic (exact) mass is 480 g/mol. The molecule has 0 aliphatic rings. The molecule has 0 radical (unpaired) electrons. The van der Waals surface area contributed by atoms with Crippen molar-refractivity contribution in [3.63, 3.8) is 0 Å². The van der Waals surface area contributed by atoms with Crippen molar-refractivity contribution in [1.29, 1.82) is 0 Å². The van der Waals surface area contributed by atoms with E-state index >= 15 is 0 Å². The lowest BCUT2D eigenvalue weighted by Crippen LogP contribution is -1.91. The van der Waals surface area contributed by atoms with Gasteiger partial charge in [0.15, 0.2) is 0 Å². The Morgan fingerprint density at radius 3 is 1.45 bits per heavy atom. The quantitative estimate of drug-likeness (QED) is 0.216. The maximum Gasteiger partial charge on any atom is -0.00201 e. The number of benzene rings is 8.